The second-order valence-corrected chi connectivity index (χ2v) is 8.23. The number of carboxylic acids is 1. The first-order chi connectivity index (χ1) is 9.49. The van der Waals surface area contributed by atoms with Crippen molar-refractivity contribution in [3.8, 4) is 0 Å². The van der Waals surface area contributed by atoms with Gasteiger partial charge in [0.25, 0.3) is 0 Å². The van der Waals surface area contributed by atoms with Gasteiger partial charge in [0.05, 0.1) is 3.79 Å². The molecular formula is C12H11BrN2O3S2. The lowest BCUT2D eigenvalue weighted by Crippen LogP contribution is -2.68. The first kappa shape index (κ1) is 14.1. The minimum atomic E-state index is -1.05. The summed E-state index contributed by atoms with van der Waals surface area (Å²) in [5.41, 5.74) is 6.60. The van der Waals surface area contributed by atoms with E-state index in [4.69, 9.17) is 5.73 Å². The zero-order chi connectivity index (χ0) is 14.4. The van der Waals surface area contributed by atoms with Gasteiger partial charge in [-0.25, -0.2) is 4.79 Å². The Balaban J connectivity index is 1.94. The number of fused-ring (bicyclic) bond motifs is 1. The third-order valence-electron chi connectivity index (χ3n) is 3.31. The molecule has 0 spiro atoms. The van der Waals surface area contributed by atoms with Crippen LogP contribution < -0.4 is 5.73 Å². The molecule has 1 fully saturated rings. The average molecular weight is 375 g/mol. The van der Waals surface area contributed by atoms with Crippen LogP contribution in [0.1, 0.15) is 4.88 Å². The number of hydrogen-bond acceptors (Lipinski definition) is 5. The van der Waals surface area contributed by atoms with Crippen molar-refractivity contribution in [3.05, 3.63) is 32.1 Å². The molecule has 1 aromatic rings. The second kappa shape index (κ2) is 5.18. The summed E-state index contributed by atoms with van der Waals surface area (Å²) in [7, 11) is 0. The molecule has 20 heavy (non-hydrogen) atoms. The summed E-state index contributed by atoms with van der Waals surface area (Å²) in [5, 5.41) is 9.18. The van der Waals surface area contributed by atoms with Crippen LogP contribution in [0.5, 0.6) is 0 Å². The van der Waals surface area contributed by atoms with Gasteiger partial charge in [-0.2, -0.15) is 0 Å². The minimum Gasteiger partial charge on any atom is -0.477 e. The summed E-state index contributed by atoms with van der Waals surface area (Å²) in [6.07, 6.45) is 0.552. The largest absolute Gasteiger partial charge is 0.477 e. The molecule has 0 aromatic carbocycles. The van der Waals surface area contributed by atoms with Crippen molar-refractivity contribution in [2.75, 3.05) is 5.75 Å². The maximum atomic E-state index is 11.8. The predicted octanol–water partition coefficient (Wildman–Crippen LogP) is 1.63. The molecule has 1 aromatic heterocycles. The van der Waals surface area contributed by atoms with Gasteiger partial charge in [0.2, 0.25) is 5.91 Å². The van der Waals surface area contributed by atoms with Gasteiger partial charge < -0.3 is 10.8 Å². The lowest BCUT2D eigenvalue weighted by Gasteiger charge is -2.48. The van der Waals surface area contributed by atoms with Crippen LogP contribution in [0.15, 0.2) is 27.2 Å². The Labute approximate surface area is 131 Å². The molecule has 0 bridgehead atoms. The number of nitrogens with zero attached hydrogens (tertiary/aromatic N) is 1. The zero-order valence-electron chi connectivity index (χ0n) is 10.2. The summed E-state index contributed by atoms with van der Waals surface area (Å²) in [6, 6.07) is 3.32. The van der Waals surface area contributed by atoms with E-state index in [1.54, 1.807) is 11.3 Å². The van der Waals surface area contributed by atoms with Crippen molar-refractivity contribution in [3.63, 3.8) is 0 Å². The summed E-state index contributed by atoms with van der Waals surface area (Å²) < 4.78 is 1.01. The Morgan fingerprint density at radius 3 is 2.90 bits per heavy atom. The minimum absolute atomic E-state index is 0.116. The summed E-state index contributed by atoms with van der Waals surface area (Å²) >= 11 is 6.49. The number of β-lactam (4-membered cyclic amide) rings is 1. The standard InChI is InChI=1S/C12H11BrN2O3S2/c13-7-2-1-6(20-7)3-5-4-19-11-8(14)10(16)15(11)9(5)12(17)18/h1-2,8,11H,3-4,14H2,(H,17,18)/t8-,11+/m1/s1. The van der Waals surface area contributed by atoms with Crippen LogP contribution in [0.3, 0.4) is 0 Å². The van der Waals surface area contributed by atoms with Gasteiger partial charge in [-0.05, 0) is 33.6 Å². The second-order valence-electron chi connectivity index (χ2n) is 4.58. The number of thioether (sulfide) groups is 1. The maximum absolute atomic E-state index is 11.8. The van der Waals surface area contributed by atoms with Crippen LogP contribution in [0.2, 0.25) is 0 Å². The summed E-state index contributed by atoms with van der Waals surface area (Å²) in [4.78, 5) is 25.7. The quantitative estimate of drug-likeness (QED) is 0.785. The highest BCUT2D eigenvalue weighted by atomic mass is 79.9. The molecule has 106 valence electrons. The molecule has 2 aliphatic heterocycles. The van der Waals surface area contributed by atoms with Gasteiger partial charge in [-0.1, -0.05) is 0 Å². The molecule has 0 aliphatic carbocycles. The SMILES string of the molecule is N[C@@H]1C(=O)N2C(C(=O)O)=C(Cc3ccc(Br)s3)CS[C@@H]12. The van der Waals surface area contributed by atoms with Crippen LogP contribution in [0.25, 0.3) is 0 Å². The topological polar surface area (TPSA) is 83.6 Å². The fourth-order valence-corrected chi connectivity index (χ4v) is 5.19. The van der Waals surface area contributed by atoms with Crippen molar-refractivity contribution < 1.29 is 14.7 Å². The molecule has 3 rings (SSSR count). The maximum Gasteiger partial charge on any atom is 0.352 e. The lowest BCUT2D eigenvalue weighted by atomic mass is 10.0. The van der Waals surface area contributed by atoms with Gasteiger partial charge in [0.1, 0.15) is 17.1 Å². The molecule has 1 amide bonds. The van der Waals surface area contributed by atoms with Crippen molar-refractivity contribution in [2.45, 2.75) is 17.8 Å². The van der Waals surface area contributed by atoms with E-state index in [0.29, 0.717) is 12.2 Å². The van der Waals surface area contributed by atoms with E-state index in [9.17, 15) is 14.7 Å². The number of carbonyl (C=O) groups excluding carboxylic acids is 1. The first-order valence-electron chi connectivity index (χ1n) is 5.89. The number of thiophene rings is 1. The highest BCUT2D eigenvalue weighted by Crippen LogP contribution is 2.40. The molecule has 1 saturated heterocycles. The van der Waals surface area contributed by atoms with E-state index in [2.05, 4.69) is 15.9 Å². The van der Waals surface area contributed by atoms with Gasteiger partial charge in [-0.3, -0.25) is 9.69 Å². The molecule has 0 saturated carbocycles. The van der Waals surface area contributed by atoms with Gasteiger partial charge in [-0.15, -0.1) is 23.1 Å². The Bertz CT molecular complexity index is 628. The predicted molar refractivity (Wildman–Crippen MR) is 81.5 cm³/mol. The molecule has 3 N–H and O–H groups in total. The normalized spacial score (nSPS) is 25.5. The fraction of sp³-hybridized carbons (Fsp3) is 0.333. The van der Waals surface area contributed by atoms with Gasteiger partial charge in [0, 0.05) is 17.1 Å². The van der Waals surface area contributed by atoms with Crippen LogP contribution in [-0.4, -0.2) is 39.1 Å². The Hall–Kier alpha value is -0.830. The first-order valence-corrected chi connectivity index (χ1v) is 8.54. The number of nitrogens with two attached hydrogens (primary N) is 1. The van der Waals surface area contributed by atoms with Crippen LogP contribution in [-0.2, 0) is 16.0 Å². The van der Waals surface area contributed by atoms with Gasteiger partial charge >= 0.3 is 5.97 Å². The third kappa shape index (κ3) is 2.20. The van der Waals surface area contributed by atoms with Crippen LogP contribution >= 0.6 is 39.0 Å². The van der Waals surface area contributed by atoms with Crippen molar-refractivity contribution in [1.82, 2.24) is 4.90 Å². The number of amides is 1. The fourth-order valence-electron chi connectivity index (χ4n) is 2.37. The van der Waals surface area contributed by atoms with Gasteiger partial charge in [0.15, 0.2) is 0 Å². The number of aliphatic carboxylic acids is 1. The zero-order valence-corrected chi connectivity index (χ0v) is 13.4. The van der Waals surface area contributed by atoms with Crippen LogP contribution in [0, 0.1) is 0 Å². The Morgan fingerprint density at radius 2 is 2.30 bits per heavy atom. The summed E-state index contributed by atoms with van der Waals surface area (Å²) in [6.45, 7) is 0. The third-order valence-corrected chi connectivity index (χ3v) is 6.29. The molecule has 8 heteroatoms. The smallest absolute Gasteiger partial charge is 0.352 e. The van der Waals surface area contributed by atoms with Crippen LogP contribution in [0.4, 0.5) is 0 Å². The Morgan fingerprint density at radius 1 is 1.55 bits per heavy atom. The average Bonchev–Trinajstić information content (AvgIpc) is 2.82. The van der Waals surface area contributed by atoms with E-state index in [1.807, 2.05) is 12.1 Å². The molecule has 0 radical (unpaired) electrons. The highest BCUT2D eigenvalue weighted by molar-refractivity contribution is 9.11. The molecule has 2 aliphatic rings. The molecule has 0 unspecified atom stereocenters. The summed E-state index contributed by atoms with van der Waals surface area (Å²) in [5.74, 6) is -0.759. The van der Waals surface area contributed by atoms with Crippen molar-refractivity contribution >= 4 is 50.9 Å². The van der Waals surface area contributed by atoms with E-state index in [-0.39, 0.29) is 17.0 Å². The number of carbonyl (C=O) groups is 2. The van der Waals surface area contributed by atoms with Crippen molar-refractivity contribution in [1.29, 1.82) is 0 Å². The Kier molecular flexibility index (Phi) is 3.65. The van der Waals surface area contributed by atoms with E-state index in [0.717, 1.165) is 14.2 Å². The molecule has 2 atom stereocenters. The molecule has 5 nitrogen and oxygen atoms in total. The highest BCUT2D eigenvalue weighted by Gasteiger charge is 2.51. The number of rotatable bonds is 3. The number of carboxylic acid groups (broad SMARTS) is 1. The monoisotopic (exact) mass is 374 g/mol. The van der Waals surface area contributed by atoms with E-state index >= 15 is 0 Å². The number of hydrogen-bond donors (Lipinski definition) is 2. The van der Waals surface area contributed by atoms with E-state index < -0.39 is 12.0 Å². The van der Waals surface area contributed by atoms with E-state index in [1.165, 1.54) is 16.7 Å². The molecular weight excluding hydrogens is 364 g/mol. The van der Waals surface area contributed by atoms with Crippen molar-refractivity contribution in [2.24, 2.45) is 5.73 Å². The molecule has 3 heterocycles. The number of halogens is 1. The lowest BCUT2D eigenvalue weighted by molar-refractivity contribution is -0.148.